The highest BCUT2D eigenvalue weighted by Gasteiger charge is 2.36. The van der Waals surface area contributed by atoms with E-state index in [9.17, 15) is 17.2 Å². The Labute approximate surface area is 155 Å². The minimum absolute atomic E-state index is 0.0106. The molecule has 0 bridgehead atoms. The fourth-order valence-electron chi connectivity index (χ4n) is 2.87. The van der Waals surface area contributed by atoms with Gasteiger partial charge in [0.25, 0.3) is 5.92 Å². The van der Waals surface area contributed by atoms with Crippen LogP contribution in [0.25, 0.3) is 0 Å². The smallest absolute Gasteiger partial charge is 0.251 e. The van der Waals surface area contributed by atoms with Gasteiger partial charge in [0, 0.05) is 25.9 Å². The molecule has 3 N–H and O–H groups in total. The molecule has 1 heterocycles. The second kappa shape index (κ2) is 6.63. The number of piperidine rings is 1. The maximum Gasteiger partial charge on any atom is 0.251 e. The Morgan fingerprint density at radius 1 is 1.28 bits per heavy atom. The number of benzene rings is 1. The summed E-state index contributed by atoms with van der Waals surface area (Å²) < 4.78 is 53.7. The topological polar surface area (TPSA) is 75.4 Å². The highest BCUT2D eigenvalue weighted by molar-refractivity contribution is 7.92. The first kappa shape index (κ1) is 18.8. The van der Waals surface area contributed by atoms with Crippen LogP contribution in [0.2, 0.25) is 10.0 Å². The lowest BCUT2D eigenvalue weighted by molar-refractivity contribution is -0.0220. The van der Waals surface area contributed by atoms with Crippen molar-refractivity contribution < 1.29 is 17.2 Å². The summed E-state index contributed by atoms with van der Waals surface area (Å²) in [4.78, 5) is 1.64. The van der Waals surface area contributed by atoms with E-state index >= 15 is 0 Å². The lowest BCUT2D eigenvalue weighted by Gasteiger charge is -2.35. The molecule has 0 aromatic heterocycles. The van der Waals surface area contributed by atoms with Crippen molar-refractivity contribution in [2.45, 2.75) is 31.6 Å². The van der Waals surface area contributed by atoms with Gasteiger partial charge in [-0.25, -0.2) is 17.2 Å². The van der Waals surface area contributed by atoms with E-state index < -0.39 is 15.9 Å². The zero-order valence-electron chi connectivity index (χ0n) is 13.4. The molecule has 140 valence electrons. The average molecular weight is 414 g/mol. The van der Waals surface area contributed by atoms with E-state index in [1.807, 2.05) is 0 Å². The Kier molecular flexibility index (Phi) is 4.98. The fraction of sp³-hybridized carbons (Fsp3) is 0.600. The normalized spacial score (nSPS) is 20.6. The number of hydrogen-bond acceptors (Lipinski definition) is 4. The number of anilines is 3. The van der Waals surface area contributed by atoms with E-state index in [-0.39, 0.29) is 59.0 Å². The van der Waals surface area contributed by atoms with E-state index in [1.165, 1.54) is 6.07 Å². The monoisotopic (exact) mass is 413 g/mol. The van der Waals surface area contributed by atoms with E-state index in [2.05, 4.69) is 4.72 Å². The van der Waals surface area contributed by atoms with Crippen LogP contribution in [0.3, 0.4) is 0 Å². The zero-order valence-corrected chi connectivity index (χ0v) is 15.7. The Hall–Kier alpha value is -0.990. The van der Waals surface area contributed by atoms with Crippen LogP contribution in [-0.4, -0.2) is 33.2 Å². The Morgan fingerprint density at radius 2 is 1.88 bits per heavy atom. The molecule has 0 amide bonds. The van der Waals surface area contributed by atoms with Gasteiger partial charge in [-0.05, 0) is 24.8 Å². The van der Waals surface area contributed by atoms with Gasteiger partial charge in [0.2, 0.25) is 10.0 Å². The molecule has 1 saturated heterocycles. The SMILES string of the molecule is Nc1cc(Cl)c(N2CCC(F)(F)CC2)c(Cl)c1NS(=O)(=O)CC1CC1. The lowest BCUT2D eigenvalue weighted by Crippen LogP contribution is -2.39. The molecule has 1 saturated carbocycles. The summed E-state index contributed by atoms with van der Waals surface area (Å²) in [7, 11) is -3.59. The van der Waals surface area contributed by atoms with Crippen LogP contribution in [0.1, 0.15) is 25.7 Å². The van der Waals surface area contributed by atoms with Gasteiger partial charge in [-0.15, -0.1) is 0 Å². The summed E-state index contributed by atoms with van der Waals surface area (Å²) >= 11 is 12.6. The molecule has 0 spiro atoms. The quantitative estimate of drug-likeness (QED) is 0.716. The summed E-state index contributed by atoms with van der Waals surface area (Å²) in [6.45, 7) is 0.148. The van der Waals surface area contributed by atoms with Gasteiger partial charge in [0.05, 0.1) is 32.9 Å². The third-order valence-electron chi connectivity index (χ3n) is 4.45. The lowest BCUT2D eigenvalue weighted by atomic mass is 10.1. The number of nitrogens with two attached hydrogens (primary N) is 1. The van der Waals surface area contributed by atoms with Crippen LogP contribution in [0.4, 0.5) is 25.8 Å². The molecule has 1 aromatic carbocycles. The van der Waals surface area contributed by atoms with Crippen molar-refractivity contribution in [2.75, 3.05) is 34.2 Å². The first-order valence-electron chi connectivity index (χ1n) is 7.99. The fourth-order valence-corrected chi connectivity index (χ4v) is 5.25. The largest absolute Gasteiger partial charge is 0.397 e. The highest BCUT2D eigenvalue weighted by atomic mass is 35.5. The van der Waals surface area contributed by atoms with Crippen molar-refractivity contribution in [1.82, 2.24) is 0 Å². The Morgan fingerprint density at radius 3 is 2.44 bits per heavy atom. The average Bonchev–Trinajstić information content (AvgIpc) is 3.28. The number of nitrogen functional groups attached to an aromatic ring is 1. The van der Waals surface area contributed by atoms with Crippen LogP contribution < -0.4 is 15.4 Å². The summed E-state index contributed by atoms with van der Waals surface area (Å²) in [5.41, 5.74) is 6.37. The maximum atomic E-state index is 13.4. The minimum Gasteiger partial charge on any atom is -0.397 e. The van der Waals surface area contributed by atoms with Gasteiger partial charge in [0.15, 0.2) is 0 Å². The molecule has 1 aliphatic heterocycles. The highest BCUT2D eigenvalue weighted by Crippen LogP contribution is 2.45. The predicted molar refractivity (Wildman–Crippen MR) is 97.4 cm³/mol. The zero-order chi connectivity index (χ0) is 18.4. The minimum atomic E-state index is -3.59. The molecule has 1 aliphatic carbocycles. The van der Waals surface area contributed by atoms with Gasteiger partial charge in [0.1, 0.15) is 0 Å². The first-order chi connectivity index (χ1) is 11.6. The predicted octanol–water partition coefficient (Wildman–Crippen LogP) is 3.96. The standard InChI is InChI=1S/C15H19Cl2F2N3O2S/c16-10-7-11(20)13(21-25(23,24)8-9-1-2-9)12(17)14(10)22-5-3-15(18,19)4-6-22/h7,9,21H,1-6,8,20H2. The van der Waals surface area contributed by atoms with E-state index in [0.29, 0.717) is 5.69 Å². The van der Waals surface area contributed by atoms with Gasteiger partial charge < -0.3 is 10.6 Å². The molecule has 1 aromatic rings. The van der Waals surface area contributed by atoms with Crippen molar-refractivity contribution in [1.29, 1.82) is 0 Å². The maximum absolute atomic E-state index is 13.4. The van der Waals surface area contributed by atoms with Gasteiger partial charge in [-0.1, -0.05) is 23.2 Å². The number of hydrogen-bond donors (Lipinski definition) is 2. The van der Waals surface area contributed by atoms with Crippen LogP contribution in [0.15, 0.2) is 6.07 Å². The molecule has 10 heteroatoms. The van der Waals surface area contributed by atoms with Crippen molar-refractivity contribution in [3.63, 3.8) is 0 Å². The number of alkyl halides is 2. The molecule has 5 nitrogen and oxygen atoms in total. The van der Waals surface area contributed by atoms with E-state index in [4.69, 9.17) is 28.9 Å². The van der Waals surface area contributed by atoms with Gasteiger partial charge in [-0.2, -0.15) is 0 Å². The Balaban J connectivity index is 1.89. The number of nitrogens with zero attached hydrogens (tertiary/aromatic N) is 1. The number of nitrogens with one attached hydrogen (secondary N) is 1. The third kappa shape index (κ3) is 4.41. The molecule has 0 atom stereocenters. The van der Waals surface area contributed by atoms with Crippen LogP contribution >= 0.6 is 23.2 Å². The molecule has 25 heavy (non-hydrogen) atoms. The van der Waals surface area contributed by atoms with Crippen molar-refractivity contribution in [3.05, 3.63) is 16.1 Å². The summed E-state index contributed by atoms with van der Waals surface area (Å²) in [5, 5.41) is 0.243. The second-order valence-corrected chi connectivity index (χ2v) is 9.21. The molecular formula is C15H19Cl2F2N3O2S. The van der Waals surface area contributed by atoms with Crippen LogP contribution in [0.5, 0.6) is 0 Å². The van der Waals surface area contributed by atoms with Crippen LogP contribution in [0, 0.1) is 5.92 Å². The van der Waals surface area contributed by atoms with Crippen LogP contribution in [-0.2, 0) is 10.0 Å². The third-order valence-corrected chi connectivity index (χ3v) is 6.53. The number of sulfonamides is 1. The van der Waals surface area contributed by atoms with Crippen molar-refractivity contribution in [2.24, 2.45) is 5.92 Å². The molecule has 3 rings (SSSR count). The van der Waals surface area contributed by atoms with Crippen molar-refractivity contribution in [3.8, 4) is 0 Å². The van der Waals surface area contributed by atoms with E-state index in [1.54, 1.807) is 4.90 Å². The Bertz CT molecular complexity index is 775. The number of rotatable bonds is 5. The summed E-state index contributed by atoms with van der Waals surface area (Å²) in [5.74, 6) is -2.54. The molecule has 0 unspecified atom stereocenters. The molecular weight excluding hydrogens is 395 g/mol. The summed E-state index contributed by atoms with van der Waals surface area (Å²) in [6.07, 6.45) is 1.15. The number of halogens is 4. The second-order valence-electron chi connectivity index (χ2n) is 6.66. The first-order valence-corrected chi connectivity index (χ1v) is 10.4. The molecule has 2 aliphatic rings. The van der Waals surface area contributed by atoms with Gasteiger partial charge in [-0.3, -0.25) is 4.72 Å². The van der Waals surface area contributed by atoms with E-state index in [0.717, 1.165) is 12.8 Å². The summed E-state index contributed by atoms with van der Waals surface area (Å²) in [6, 6.07) is 1.39. The molecule has 2 fully saturated rings. The van der Waals surface area contributed by atoms with Gasteiger partial charge >= 0.3 is 0 Å². The van der Waals surface area contributed by atoms with Crippen molar-refractivity contribution >= 4 is 50.3 Å². The molecule has 0 radical (unpaired) electrons.